The van der Waals surface area contributed by atoms with E-state index in [9.17, 15) is 0 Å². The van der Waals surface area contributed by atoms with E-state index in [1.165, 1.54) is 0 Å². The van der Waals surface area contributed by atoms with Gasteiger partial charge in [-0.1, -0.05) is 6.92 Å². The van der Waals surface area contributed by atoms with Gasteiger partial charge < -0.3 is 14.3 Å². The third kappa shape index (κ3) is 2.81. The second kappa shape index (κ2) is 5.83. The van der Waals surface area contributed by atoms with Crippen LogP contribution in [0.25, 0.3) is 11.4 Å². The number of nitrogens with zero attached hydrogens (tertiary/aromatic N) is 3. The van der Waals surface area contributed by atoms with Crippen molar-refractivity contribution in [2.24, 2.45) is 7.05 Å². The monoisotopic (exact) mass is 282 g/mol. The smallest absolute Gasteiger partial charge is 0.163 e. The molecule has 2 aromatic heterocycles. The highest BCUT2D eigenvalue weighted by molar-refractivity contribution is 5.60. The fourth-order valence-electron chi connectivity index (χ4n) is 2.33. The molecule has 0 aliphatic rings. The lowest BCUT2D eigenvalue weighted by Gasteiger charge is -2.16. The van der Waals surface area contributed by atoms with Crippen LogP contribution in [-0.4, -0.2) is 14.8 Å². The number of aromatic nitrogens is 3. The molecule has 0 saturated carbocycles. The Kier molecular flexibility index (Phi) is 3.73. The molecule has 3 aromatic rings. The van der Waals surface area contributed by atoms with Gasteiger partial charge >= 0.3 is 0 Å². The van der Waals surface area contributed by atoms with Crippen molar-refractivity contribution in [1.29, 1.82) is 0 Å². The minimum absolute atomic E-state index is 0.181. The van der Waals surface area contributed by atoms with Crippen LogP contribution in [0.1, 0.15) is 25.1 Å². The standard InChI is InChI=1S/C16H18N4O/c1-3-14(15-5-4-10-21-15)18-13-8-6-12(7-9-13)16-19-17-11-20(16)2/h4-11,14,18H,3H2,1-2H3. The Labute approximate surface area is 123 Å². The number of rotatable bonds is 5. The van der Waals surface area contributed by atoms with E-state index in [0.29, 0.717) is 0 Å². The molecule has 0 saturated heterocycles. The summed E-state index contributed by atoms with van der Waals surface area (Å²) in [6.45, 7) is 2.13. The molecule has 0 fully saturated rings. The van der Waals surface area contributed by atoms with E-state index in [4.69, 9.17) is 4.42 Å². The fraction of sp³-hybridized carbons (Fsp3) is 0.250. The third-order valence-electron chi connectivity index (χ3n) is 3.49. The first-order chi connectivity index (χ1) is 10.3. The molecule has 3 rings (SSSR count). The van der Waals surface area contributed by atoms with E-state index >= 15 is 0 Å². The average molecular weight is 282 g/mol. The Morgan fingerprint density at radius 2 is 2.05 bits per heavy atom. The van der Waals surface area contributed by atoms with Crippen LogP contribution in [0, 0.1) is 0 Å². The molecule has 1 aromatic carbocycles. The molecule has 0 bridgehead atoms. The summed E-state index contributed by atoms with van der Waals surface area (Å²) >= 11 is 0. The number of benzene rings is 1. The van der Waals surface area contributed by atoms with Gasteiger partial charge in [0, 0.05) is 18.3 Å². The Morgan fingerprint density at radius 1 is 1.24 bits per heavy atom. The van der Waals surface area contributed by atoms with Gasteiger partial charge in [-0.15, -0.1) is 10.2 Å². The van der Waals surface area contributed by atoms with Gasteiger partial charge in [0.1, 0.15) is 12.1 Å². The van der Waals surface area contributed by atoms with Crippen molar-refractivity contribution in [1.82, 2.24) is 14.8 Å². The van der Waals surface area contributed by atoms with Gasteiger partial charge in [0.15, 0.2) is 5.82 Å². The summed E-state index contributed by atoms with van der Waals surface area (Å²) in [5, 5.41) is 11.5. The molecule has 5 heteroatoms. The van der Waals surface area contributed by atoms with E-state index in [-0.39, 0.29) is 6.04 Å². The molecule has 1 unspecified atom stereocenters. The predicted molar refractivity (Wildman–Crippen MR) is 81.8 cm³/mol. The Bertz CT molecular complexity index is 685. The maximum absolute atomic E-state index is 5.47. The second-order valence-electron chi connectivity index (χ2n) is 4.96. The molecule has 0 spiro atoms. The summed E-state index contributed by atoms with van der Waals surface area (Å²) in [4.78, 5) is 0. The van der Waals surface area contributed by atoms with Gasteiger partial charge in [-0.3, -0.25) is 0 Å². The van der Waals surface area contributed by atoms with Crippen LogP contribution in [0.4, 0.5) is 5.69 Å². The van der Waals surface area contributed by atoms with Crippen LogP contribution in [-0.2, 0) is 7.05 Å². The van der Waals surface area contributed by atoms with Crippen LogP contribution in [0.2, 0.25) is 0 Å². The lowest BCUT2D eigenvalue weighted by molar-refractivity contribution is 0.474. The third-order valence-corrected chi connectivity index (χ3v) is 3.49. The average Bonchev–Trinajstić information content (AvgIpc) is 3.17. The van der Waals surface area contributed by atoms with Gasteiger partial charge in [0.25, 0.3) is 0 Å². The molecule has 5 nitrogen and oxygen atoms in total. The van der Waals surface area contributed by atoms with E-state index in [1.54, 1.807) is 12.6 Å². The van der Waals surface area contributed by atoms with Crippen LogP contribution in [0.15, 0.2) is 53.4 Å². The van der Waals surface area contributed by atoms with Gasteiger partial charge in [0.05, 0.1) is 12.3 Å². The normalized spacial score (nSPS) is 12.3. The molecule has 0 aliphatic heterocycles. The summed E-state index contributed by atoms with van der Waals surface area (Å²) < 4.78 is 7.38. The van der Waals surface area contributed by atoms with E-state index in [1.807, 2.05) is 35.9 Å². The summed E-state index contributed by atoms with van der Waals surface area (Å²) in [7, 11) is 1.94. The van der Waals surface area contributed by atoms with Gasteiger partial charge in [-0.25, -0.2) is 0 Å². The Hall–Kier alpha value is -2.56. The number of anilines is 1. The molecule has 0 radical (unpaired) electrons. The molecule has 108 valence electrons. The first-order valence-electron chi connectivity index (χ1n) is 7.02. The molecule has 21 heavy (non-hydrogen) atoms. The Balaban J connectivity index is 1.77. The van der Waals surface area contributed by atoms with Crippen LogP contribution in [0.3, 0.4) is 0 Å². The number of nitrogens with one attached hydrogen (secondary N) is 1. The number of aryl methyl sites for hydroxylation is 1. The second-order valence-corrected chi connectivity index (χ2v) is 4.96. The van der Waals surface area contributed by atoms with E-state index in [0.717, 1.165) is 29.3 Å². The summed E-state index contributed by atoms with van der Waals surface area (Å²) in [5.74, 6) is 1.81. The minimum Gasteiger partial charge on any atom is -0.467 e. The fourth-order valence-corrected chi connectivity index (χ4v) is 2.33. The topological polar surface area (TPSA) is 55.9 Å². The highest BCUT2D eigenvalue weighted by atomic mass is 16.3. The number of hydrogen-bond donors (Lipinski definition) is 1. The SMILES string of the molecule is CCC(Nc1ccc(-c2nncn2C)cc1)c1ccco1. The Morgan fingerprint density at radius 3 is 2.62 bits per heavy atom. The summed E-state index contributed by atoms with van der Waals surface area (Å²) in [6, 6.07) is 12.3. The predicted octanol–water partition coefficient (Wildman–Crippen LogP) is 3.64. The largest absolute Gasteiger partial charge is 0.467 e. The maximum atomic E-state index is 5.47. The first-order valence-corrected chi connectivity index (χ1v) is 7.02. The highest BCUT2D eigenvalue weighted by Crippen LogP contribution is 2.24. The van der Waals surface area contributed by atoms with Crippen LogP contribution < -0.4 is 5.32 Å². The zero-order valence-corrected chi connectivity index (χ0v) is 12.2. The molecule has 2 heterocycles. The lowest BCUT2D eigenvalue weighted by Crippen LogP contribution is -2.08. The van der Waals surface area contributed by atoms with Gasteiger partial charge in [-0.2, -0.15) is 0 Å². The van der Waals surface area contributed by atoms with Crippen molar-refractivity contribution in [2.75, 3.05) is 5.32 Å². The van der Waals surface area contributed by atoms with Crippen molar-refractivity contribution < 1.29 is 4.42 Å². The quantitative estimate of drug-likeness (QED) is 0.776. The molecular formula is C16H18N4O. The summed E-state index contributed by atoms with van der Waals surface area (Å²) in [5.41, 5.74) is 2.11. The number of furan rings is 1. The van der Waals surface area contributed by atoms with E-state index in [2.05, 4.69) is 34.6 Å². The summed E-state index contributed by atoms with van der Waals surface area (Å²) in [6.07, 6.45) is 4.36. The van der Waals surface area contributed by atoms with Gasteiger partial charge in [-0.05, 0) is 42.8 Å². The molecule has 0 amide bonds. The van der Waals surface area contributed by atoms with Crippen molar-refractivity contribution in [3.8, 4) is 11.4 Å². The zero-order valence-electron chi connectivity index (χ0n) is 12.2. The minimum atomic E-state index is 0.181. The van der Waals surface area contributed by atoms with Crippen molar-refractivity contribution in [3.05, 3.63) is 54.7 Å². The van der Waals surface area contributed by atoms with Crippen LogP contribution in [0.5, 0.6) is 0 Å². The molecule has 0 aliphatic carbocycles. The van der Waals surface area contributed by atoms with Crippen molar-refractivity contribution in [2.45, 2.75) is 19.4 Å². The maximum Gasteiger partial charge on any atom is 0.163 e. The highest BCUT2D eigenvalue weighted by Gasteiger charge is 2.12. The number of hydrogen-bond acceptors (Lipinski definition) is 4. The molecular weight excluding hydrogens is 264 g/mol. The van der Waals surface area contributed by atoms with Crippen LogP contribution >= 0.6 is 0 Å². The molecule has 1 N–H and O–H groups in total. The zero-order chi connectivity index (χ0) is 14.7. The first kappa shape index (κ1) is 13.4. The van der Waals surface area contributed by atoms with E-state index < -0.39 is 0 Å². The van der Waals surface area contributed by atoms with Gasteiger partial charge in [0.2, 0.25) is 0 Å². The molecule has 1 atom stereocenters. The van der Waals surface area contributed by atoms with Crippen molar-refractivity contribution in [3.63, 3.8) is 0 Å². The lowest BCUT2D eigenvalue weighted by atomic mass is 10.1. The van der Waals surface area contributed by atoms with Crippen molar-refractivity contribution >= 4 is 5.69 Å².